The van der Waals surface area contributed by atoms with Crippen molar-refractivity contribution in [2.75, 3.05) is 6.54 Å². The second-order valence-corrected chi connectivity index (χ2v) is 4.23. The van der Waals surface area contributed by atoms with E-state index in [1.165, 1.54) is 0 Å². The minimum Gasteiger partial charge on any atom is -0.472 e. The van der Waals surface area contributed by atoms with E-state index in [4.69, 9.17) is 4.42 Å². The normalized spacial score (nSPS) is 10.5. The van der Waals surface area contributed by atoms with Gasteiger partial charge in [-0.05, 0) is 18.1 Å². The lowest BCUT2D eigenvalue weighted by atomic mass is 10.2. The second-order valence-electron chi connectivity index (χ2n) is 4.23. The molecule has 0 fully saturated rings. The summed E-state index contributed by atoms with van der Waals surface area (Å²) >= 11 is 0. The molecule has 2 heterocycles. The molecule has 0 saturated heterocycles. The van der Waals surface area contributed by atoms with E-state index >= 15 is 0 Å². The van der Waals surface area contributed by atoms with Gasteiger partial charge in [-0.3, -0.25) is 4.79 Å². The van der Waals surface area contributed by atoms with Crippen LogP contribution >= 0.6 is 0 Å². The standard InChI is InChI=1S/C13H17N3O2/c1-16-10-14-8-12(16)4-6-15-13(17)3-2-11-5-7-18-9-11/h5,7-10H,2-4,6H2,1H3,(H,15,17). The molecule has 0 aliphatic heterocycles. The molecule has 0 radical (unpaired) electrons. The van der Waals surface area contributed by atoms with Crippen LogP contribution in [0.1, 0.15) is 17.7 Å². The van der Waals surface area contributed by atoms with Crippen LogP contribution in [0.15, 0.2) is 35.5 Å². The number of carbonyl (C=O) groups is 1. The molecule has 0 aromatic carbocycles. The van der Waals surface area contributed by atoms with Crippen molar-refractivity contribution in [3.8, 4) is 0 Å². The molecular weight excluding hydrogens is 230 g/mol. The maximum Gasteiger partial charge on any atom is 0.220 e. The third-order valence-electron chi connectivity index (χ3n) is 2.84. The molecule has 18 heavy (non-hydrogen) atoms. The first kappa shape index (κ1) is 12.4. The average molecular weight is 247 g/mol. The summed E-state index contributed by atoms with van der Waals surface area (Å²) in [5, 5.41) is 2.90. The SMILES string of the molecule is Cn1cncc1CCNC(=O)CCc1ccoc1. The summed E-state index contributed by atoms with van der Waals surface area (Å²) in [4.78, 5) is 15.6. The number of hydrogen-bond donors (Lipinski definition) is 1. The molecule has 2 aromatic rings. The Labute approximate surface area is 106 Å². The number of nitrogens with one attached hydrogen (secondary N) is 1. The molecule has 0 saturated carbocycles. The molecular formula is C13H17N3O2. The molecule has 2 rings (SSSR count). The minimum absolute atomic E-state index is 0.0679. The van der Waals surface area contributed by atoms with Crippen molar-refractivity contribution in [1.29, 1.82) is 0 Å². The van der Waals surface area contributed by atoms with Crippen LogP contribution in [0.4, 0.5) is 0 Å². The second kappa shape index (κ2) is 6.05. The van der Waals surface area contributed by atoms with Crippen LogP contribution in [0.3, 0.4) is 0 Å². The van der Waals surface area contributed by atoms with E-state index in [1.54, 1.807) is 18.9 Å². The first-order valence-electron chi connectivity index (χ1n) is 5.98. The van der Waals surface area contributed by atoms with Gasteiger partial charge >= 0.3 is 0 Å². The number of rotatable bonds is 6. The van der Waals surface area contributed by atoms with Crippen LogP contribution in [0.5, 0.6) is 0 Å². The van der Waals surface area contributed by atoms with E-state index in [0.717, 1.165) is 17.7 Å². The van der Waals surface area contributed by atoms with Crippen LogP contribution < -0.4 is 5.32 Å². The zero-order valence-electron chi connectivity index (χ0n) is 10.4. The van der Waals surface area contributed by atoms with Crippen molar-refractivity contribution in [2.45, 2.75) is 19.3 Å². The molecule has 5 heteroatoms. The third-order valence-corrected chi connectivity index (χ3v) is 2.84. The predicted octanol–water partition coefficient (Wildman–Crippen LogP) is 1.30. The molecule has 1 amide bonds. The van der Waals surface area contributed by atoms with Crippen molar-refractivity contribution in [1.82, 2.24) is 14.9 Å². The highest BCUT2D eigenvalue weighted by Crippen LogP contribution is 2.03. The van der Waals surface area contributed by atoms with Gasteiger partial charge < -0.3 is 14.3 Å². The van der Waals surface area contributed by atoms with Crippen molar-refractivity contribution in [3.05, 3.63) is 42.4 Å². The Bertz CT molecular complexity index is 488. The first-order chi connectivity index (χ1) is 8.75. The van der Waals surface area contributed by atoms with Crippen LogP contribution in [-0.2, 0) is 24.7 Å². The average Bonchev–Trinajstić information content (AvgIpc) is 2.99. The number of imidazole rings is 1. The zero-order valence-corrected chi connectivity index (χ0v) is 10.4. The number of carbonyl (C=O) groups excluding carboxylic acids is 1. The topological polar surface area (TPSA) is 60.1 Å². The highest BCUT2D eigenvalue weighted by Gasteiger charge is 2.03. The summed E-state index contributed by atoms with van der Waals surface area (Å²) in [7, 11) is 1.95. The molecule has 0 spiro atoms. The fraction of sp³-hybridized carbons (Fsp3) is 0.385. The Morgan fingerprint density at radius 2 is 2.39 bits per heavy atom. The van der Waals surface area contributed by atoms with Crippen molar-refractivity contribution in [2.24, 2.45) is 7.05 Å². The first-order valence-corrected chi connectivity index (χ1v) is 5.98. The van der Waals surface area contributed by atoms with Crippen LogP contribution in [0, 0.1) is 0 Å². The summed E-state index contributed by atoms with van der Waals surface area (Å²) < 4.78 is 6.90. The zero-order chi connectivity index (χ0) is 12.8. The molecule has 0 aliphatic rings. The predicted molar refractivity (Wildman–Crippen MR) is 67.0 cm³/mol. The van der Waals surface area contributed by atoms with Crippen molar-refractivity contribution in [3.63, 3.8) is 0 Å². The molecule has 1 N–H and O–H groups in total. The van der Waals surface area contributed by atoms with Crippen LogP contribution in [-0.4, -0.2) is 22.0 Å². The molecule has 96 valence electrons. The fourth-order valence-corrected chi connectivity index (χ4v) is 1.74. The quantitative estimate of drug-likeness (QED) is 0.837. The third kappa shape index (κ3) is 3.48. The van der Waals surface area contributed by atoms with Crippen molar-refractivity contribution >= 4 is 5.91 Å². The molecule has 5 nitrogen and oxygen atoms in total. The number of aromatic nitrogens is 2. The lowest BCUT2D eigenvalue weighted by Gasteiger charge is -2.05. The van der Waals surface area contributed by atoms with Gasteiger partial charge in [-0.15, -0.1) is 0 Å². The molecule has 0 atom stereocenters. The molecule has 0 aliphatic carbocycles. The minimum atomic E-state index is 0.0679. The maximum atomic E-state index is 11.6. The molecule has 0 bridgehead atoms. The van der Waals surface area contributed by atoms with E-state index in [2.05, 4.69) is 10.3 Å². The number of nitrogens with zero attached hydrogens (tertiary/aromatic N) is 2. The molecule has 2 aromatic heterocycles. The van der Waals surface area contributed by atoms with Gasteiger partial charge in [-0.2, -0.15) is 0 Å². The largest absolute Gasteiger partial charge is 0.472 e. The lowest BCUT2D eigenvalue weighted by Crippen LogP contribution is -2.26. The van der Waals surface area contributed by atoms with E-state index < -0.39 is 0 Å². The van der Waals surface area contributed by atoms with Gasteiger partial charge in [0.25, 0.3) is 0 Å². The summed E-state index contributed by atoms with van der Waals surface area (Å²) in [5.41, 5.74) is 2.17. The Morgan fingerprint density at radius 3 is 3.06 bits per heavy atom. The summed E-state index contributed by atoms with van der Waals surface area (Å²) in [5.74, 6) is 0.0679. The summed E-state index contributed by atoms with van der Waals surface area (Å²) in [6.45, 7) is 0.643. The Hall–Kier alpha value is -2.04. The van der Waals surface area contributed by atoms with Gasteiger partial charge in [0, 0.05) is 38.3 Å². The van der Waals surface area contributed by atoms with Gasteiger partial charge in [0.15, 0.2) is 0 Å². The fourth-order valence-electron chi connectivity index (χ4n) is 1.74. The number of amides is 1. The van der Waals surface area contributed by atoms with Crippen molar-refractivity contribution < 1.29 is 9.21 Å². The summed E-state index contributed by atoms with van der Waals surface area (Å²) in [6, 6.07) is 1.88. The lowest BCUT2D eigenvalue weighted by molar-refractivity contribution is -0.121. The highest BCUT2D eigenvalue weighted by atomic mass is 16.3. The van der Waals surface area contributed by atoms with Gasteiger partial charge in [-0.1, -0.05) is 0 Å². The van der Waals surface area contributed by atoms with Crippen LogP contribution in [0.2, 0.25) is 0 Å². The summed E-state index contributed by atoms with van der Waals surface area (Å²) in [6.07, 6.45) is 8.87. The van der Waals surface area contributed by atoms with Gasteiger partial charge in [-0.25, -0.2) is 4.98 Å². The van der Waals surface area contributed by atoms with E-state index in [0.29, 0.717) is 19.4 Å². The number of aryl methyl sites for hydroxylation is 2. The Kier molecular flexibility index (Phi) is 4.17. The Morgan fingerprint density at radius 1 is 1.50 bits per heavy atom. The van der Waals surface area contributed by atoms with Crippen LogP contribution in [0.25, 0.3) is 0 Å². The van der Waals surface area contributed by atoms with E-state index in [-0.39, 0.29) is 5.91 Å². The van der Waals surface area contributed by atoms with E-state index in [1.807, 2.05) is 23.9 Å². The smallest absolute Gasteiger partial charge is 0.220 e. The van der Waals surface area contributed by atoms with Gasteiger partial charge in [0.1, 0.15) is 0 Å². The highest BCUT2D eigenvalue weighted by molar-refractivity contribution is 5.76. The number of hydrogen-bond acceptors (Lipinski definition) is 3. The monoisotopic (exact) mass is 247 g/mol. The number of furan rings is 1. The maximum absolute atomic E-state index is 11.6. The van der Waals surface area contributed by atoms with E-state index in [9.17, 15) is 4.79 Å². The van der Waals surface area contributed by atoms with Gasteiger partial charge in [0.05, 0.1) is 18.9 Å². The Balaban J connectivity index is 1.65. The van der Waals surface area contributed by atoms with Gasteiger partial charge in [0.2, 0.25) is 5.91 Å². The molecule has 0 unspecified atom stereocenters.